The number of carbonyl (C=O) groups is 1. The van der Waals surface area contributed by atoms with E-state index < -0.39 is 17.5 Å². The third-order valence-electron chi connectivity index (χ3n) is 4.41. The van der Waals surface area contributed by atoms with Crippen molar-refractivity contribution in [1.82, 2.24) is 9.38 Å². The quantitative estimate of drug-likeness (QED) is 0.532. The molecule has 2 aromatic carbocycles. The Bertz CT molecular complexity index is 1200. The Kier molecular flexibility index (Phi) is 4.95. The van der Waals surface area contributed by atoms with E-state index in [1.54, 1.807) is 24.3 Å². The van der Waals surface area contributed by atoms with Crippen LogP contribution < -0.4 is 10.1 Å². The van der Waals surface area contributed by atoms with Crippen molar-refractivity contribution in [3.8, 4) is 5.75 Å². The first-order chi connectivity index (χ1) is 14.0. The molecular formula is C22H17F2N3O2. The predicted octanol–water partition coefficient (Wildman–Crippen LogP) is 4.75. The van der Waals surface area contributed by atoms with Crippen molar-refractivity contribution in [2.24, 2.45) is 0 Å². The van der Waals surface area contributed by atoms with Gasteiger partial charge >= 0.3 is 0 Å². The maximum Gasteiger partial charge on any atom is 0.259 e. The summed E-state index contributed by atoms with van der Waals surface area (Å²) in [7, 11) is 0. The number of aryl methyl sites for hydroxylation is 1. The van der Waals surface area contributed by atoms with Gasteiger partial charge in [0.05, 0.1) is 16.9 Å². The highest BCUT2D eigenvalue weighted by Crippen LogP contribution is 2.22. The number of carbonyl (C=O) groups excluding carboxylic acids is 1. The van der Waals surface area contributed by atoms with E-state index in [2.05, 4.69) is 10.3 Å². The van der Waals surface area contributed by atoms with Gasteiger partial charge < -0.3 is 14.5 Å². The van der Waals surface area contributed by atoms with Crippen LogP contribution >= 0.6 is 0 Å². The third kappa shape index (κ3) is 3.94. The van der Waals surface area contributed by atoms with Crippen molar-refractivity contribution in [2.45, 2.75) is 13.5 Å². The molecule has 2 aromatic heterocycles. The smallest absolute Gasteiger partial charge is 0.259 e. The van der Waals surface area contributed by atoms with Crippen molar-refractivity contribution in [2.75, 3.05) is 5.32 Å². The lowest BCUT2D eigenvalue weighted by molar-refractivity contribution is 0.102. The standard InChI is InChI=1S/C22H17F2N3O2/c1-14-5-4-10-27-12-16(25-21(14)27)13-29-20-7-3-2-6-17(20)22(28)26-19-9-8-15(23)11-18(19)24/h2-12H,13H2,1H3,(H,26,28). The number of anilines is 1. The molecule has 4 rings (SSSR count). The van der Waals surface area contributed by atoms with Crippen molar-refractivity contribution in [3.63, 3.8) is 0 Å². The largest absolute Gasteiger partial charge is 0.486 e. The van der Waals surface area contributed by atoms with Gasteiger partial charge in [-0.1, -0.05) is 18.2 Å². The Labute approximate surface area is 165 Å². The third-order valence-corrected chi connectivity index (χ3v) is 4.41. The lowest BCUT2D eigenvalue weighted by Crippen LogP contribution is -2.14. The first-order valence-electron chi connectivity index (χ1n) is 8.93. The molecule has 0 spiro atoms. The summed E-state index contributed by atoms with van der Waals surface area (Å²) in [5.74, 6) is -1.79. The van der Waals surface area contributed by atoms with Gasteiger partial charge in [-0.25, -0.2) is 13.8 Å². The topological polar surface area (TPSA) is 55.6 Å². The van der Waals surface area contributed by atoms with E-state index in [1.165, 1.54) is 6.07 Å². The minimum atomic E-state index is -0.850. The number of rotatable bonds is 5. The molecule has 0 fully saturated rings. The number of amides is 1. The number of benzene rings is 2. The highest BCUT2D eigenvalue weighted by molar-refractivity contribution is 6.06. The Hall–Kier alpha value is -3.74. The number of hydrogen-bond donors (Lipinski definition) is 1. The lowest BCUT2D eigenvalue weighted by Gasteiger charge is -2.11. The normalized spacial score (nSPS) is 10.9. The van der Waals surface area contributed by atoms with E-state index in [0.29, 0.717) is 17.5 Å². The molecule has 0 aliphatic carbocycles. The minimum Gasteiger partial charge on any atom is -0.486 e. The van der Waals surface area contributed by atoms with Crippen LogP contribution in [0, 0.1) is 18.6 Å². The van der Waals surface area contributed by atoms with E-state index in [0.717, 1.165) is 17.3 Å². The van der Waals surface area contributed by atoms with E-state index >= 15 is 0 Å². The predicted molar refractivity (Wildman–Crippen MR) is 105 cm³/mol. The van der Waals surface area contributed by atoms with Gasteiger partial charge in [-0.3, -0.25) is 4.79 Å². The van der Waals surface area contributed by atoms with Crippen LogP contribution in [0.25, 0.3) is 5.65 Å². The molecule has 29 heavy (non-hydrogen) atoms. The summed E-state index contributed by atoms with van der Waals surface area (Å²) in [6.45, 7) is 2.14. The summed E-state index contributed by atoms with van der Waals surface area (Å²) >= 11 is 0. The number of halogens is 2. The number of nitrogens with zero attached hydrogens (tertiary/aromatic N) is 2. The second kappa shape index (κ2) is 7.71. The van der Waals surface area contributed by atoms with Crippen LogP contribution in [-0.2, 0) is 6.61 Å². The summed E-state index contributed by atoms with van der Waals surface area (Å²) in [4.78, 5) is 17.1. The fourth-order valence-electron chi connectivity index (χ4n) is 2.99. The SMILES string of the molecule is Cc1cccn2cc(COc3ccccc3C(=O)Nc3ccc(F)cc3F)nc12. The summed E-state index contributed by atoms with van der Waals surface area (Å²) in [6, 6.07) is 13.5. The van der Waals surface area contributed by atoms with Crippen LogP contribution in [0.2, 0.25) is 0 Å². The van der Waals surface area contributed by atoms with Crippen LogP contribution in [0.3, 0.4) is 0 Å². The number of hydrogen-bond acceptors (Lipinski definition) is 3. The molecule has 4 aromatic rings. The molecule has 0 radical (unpaired) electrons. The number of imidazole rings is 1. The molecule has 1 N–H and O–H groups in total. The molecule has 0 atom stereocenters. The molecule has 146 valence electrons. The van der Waals surface area contributed by atoms with Gasteiger partial charge in [0.2, 0.25) is 0 Å². The van der Waals surface area contributed by atoms with E-state index in [1.807, 2.05) is 35.9 Å². The van der Waals surface area contributed by atoms with Gasteiger partial charge in [-0.05, 0) is 42.8 Å². The number of aromatic nitrogens is 2. The Morgan fingerprint density at radius 1 is 1.14 bits per heavy atom. The molecule has 0 aliphatic heterocycles. The molecule has 5 nitrogen and oxygen atoms in total. The first-order valence-corrected chi connectivity index (χ1v) is 8.93. The van der Waals surface area contributed by atoms with Crippen LogP contribution in [0.5, 0.6) is 5.75 Å². The average molecular weight is 393 g/mol. The fraction of sp³-hybridized carbons (Fsp3) is 0.0909. The minimum absolute atomic E-state index is 0.109. The van der Waals surface area contributed by atoms with E-state index in [4.69, 9.17) is 4.74 Å². The maximum absolute atomic E-state index is 13.8. The van der Waals surface area contributed by atoms with Gasteiger partial charge in [0.25, 0.3) is 5.91 Å². The Morgan fingerprint density at radius 3 is 2.76 bits per heavy atom. The van der Waals surface area contributed by atoms with Gasteiger partial charge in [0.15, 0.2) is 0 Å². The molecule has 0 bridgehead atoms. The number of ether oxygens (including phenoxy) is 1. The number of fused-ring (bicyclic) bond motifs is 1. The first kappa shape index (κ1) is 18.6. The summed E-state index contributed by atoms with van der Waals surface area (Å²) in [5.41, 5.74) is 2.71. The van der Waals surface area contributed by atoms with Crippen molar-refractivity contribution >= 4 is 17.2 Å². The second-order valence-electron chi connectivity index (χ2n) is 6.52. The molecule has 0 unspecified atom stereocenters. The summed E-state index contributed by atoms with van der Waals surface area (Å²) < 4.78 is 34.6. The molecule has 2 heterocycles. The molecule has 1 amide bonds. The van der Waals surface area contributed by atoms with Gasteiger partial charge in [-0.15, -0.1) is 0 Å². The molecule has 7 heteroatoms. The summed E-state index contributed by atoms with van der Waals surface area (Å²) in [5, 5.41) is 2.44. The monoisotopic (exact) mass is 393 g/mol. The summed E-state index contributed by atoms with van der Waals surface area (Å²) in [6.07, 6.45) is 3.76. The zero-order valence-electron chi connectivity index (χ0n) is 15.5. The van der Waals surface area contributed by atoms with Gasteiger partial charge in [0, 0.05) is 18.5 Å². The average Bonchev–Trinajstić information content (AvgIpc) is 3.13. The highest BCUT2D eigenvalue weighted by atomic mass is 19.1. The van der Waals surface area contributed by atoms with Crippen LogP contribution in [0.15, 0.2) is 67.0 Å². The number of nitrogens with one attached hydrogen (secondary N) is 1. The Balaban J connectivity index is 1.53. The van der Waals surface area contributed by atoms with Crippen LogP contribution in [-0.4, -0.2) is 15.3 Å². The number of para-hydroxylation sites is 1. The fourth-order valence-corrected chi connectivity index (χ4v) is 2.99. The highest BCUT2D eigenvalue weighted by Gasteiger charge is 2.15. The molecular weight excluding hydrogens is 376 g/mol. The molecule has 0 aliphatic rings. The molecule has 0 saturated heterocycles. The second-order valence-corrected chi connectivity index (χ2v) is 6.52. The van der Waals surface area contributed by atoms with Crippen LogP contribution in [0.4, 0.5) is 14.5 Å². The zero-order valence-corrected chi connectivity index (χ0v) is 15.5. The van der Waals surface area contributed by atoms with Gasteiger partial charge in [0.1, 0.15) is 29.6 Å². The lowest BCUT2D eigenvalue weighted by atomic mass is 10.2. The number of pyridine rings is 1. The van der Waals surface area contributed by atoms with Gasteiger partial charge in [-0.2, -0.15) is 0 Å². The van der Waals surface area contributed by atoms with E-state index in [-0.39, 0.29) is 17.9 Å². The van der Waals surface area contributed by atoms with E-state index in [9.17, 15) is 13.6 Å². The maximum atomic E-state index is 13.8. The van der Waals surface area contributed by atoms with Crippen LogP contribution in [0.1, 0.15) is 21.6 Å². The van der Waals surface area contributed by atoms with Crippen molar-refractivity contribution in [3.05, 3.63) is 95.4 Å². The van der Waals surface area contributed by atoms with Crippen molar-refractivity contribution < 1.29 is 18.3 Å². The van der Waals surface area contributed by atoms with Crippen molar-refractivity contribution in [1.29, 1.82) is 0 Å². The Morgan fingerprint density at radius 2 is 1.97 bits per heavy atom. The zero-order chi connectivity index (χ0) is 20.4. The molecule has 0 saturated carbocycles.